The summed E-state index contributed by atoms with van der Waals surface area (Å²) in [6.45, 7) is 0.512. The minimum absolute atomic E-state index is 0.105. The van der Waals surface area contributed by atoms with Crippen LogP contribution in [0.15, 0.2) is 24.3 Å². The summed E-state index contributed by atoms with van der Waals surface area (Å²) < 4.78 is 0. The smallest absolute Gasteiger partial charge is 0.227 e. The van der Waals surface area contributed by atoms with E-state index in [4.69, 9.17) is 23.2 Å². The number of rotatable bonds is 4. The molecule has 2 saturated heterocycles. The van der Waals surface area contributed by atoms with Crippen molar-refractivity contribution in [2.24, 2.45) is 11.8 Å². The van der Waals surface area contributed by atoms with Crippen molar-refractivity contribution in [3.05, 3.63) is 24.3 Å². The van der Waals surface area contributed by atoms with Crippen molar-refractivity contribution in [2.75, 3.05) is 22.9 Å². The molecule has 2 atom stereocenters. The van der Waals surface area contributed by atoms with Crippen molar-refractivity contribution in [1.29, 1.82) is 0 Å². The Morgan fingerprint density at radius 1 is 0.792 bits per heavy atom. The first-order chi connectivity index (χ1) is 11.4. The molecular weight excluding hydrogens is 355 g/mol. The maximum Gasteiger partial charge on any atom is 0.227 e. The Morgan fingerprint density at radius 2 is 1.12 bits per heavy atom. The molecule has 2 fully saturated rings. The van der Waals surface area contributed by atoms with Gasteiger partial charge in [-0.15, -0.1) is 0 Å². The third-order valence-corrected chi connectivity index (χ3v) is 4.98. The fourth-order valence-electron chi connectivity index (χ4n) is 3.03. The van der Waals surface area contributed by atoms with Crippen LogP contribution < -0.4 is 9.80 Å². The van der Waals surface area contributed by atoms with Crippen LogP contribution in [-0.2, 0) is 19.2 Å². The van der Waals surface area contributed by atoms with E-state index in [1.54, 1.807) is 24.3 Å². The molecule has 2 heterocycles. The quantitative estimate of drug-likeness (QED) is 0.760. The zero-order chi connectivity index (χ0) is 17.4. The number of anilines is 2. The van der Waals surface area contributed by atoms with Crippen LogP contribution in [0.5, 0.6) is 0 Å². The number of halogens is 2. The molecule has 24 heavy (non-hydrogen) atoms. The molecule has 3 rings (SSSR count). The van der Waals surface area contributed by atoms with E-state index in [-0.39, 0.29) is 37.7 Å². The van der Waals surface area contributed by atoms with Crippen LogP contribution in [0.1, 0.15) is 12.8 Å². The van der Waals surface area contributed by atoms with Gasteiger partial charge in [-0.1, -0.05) is 0 Å². The van der Waals surface area contributed by atoms with Crippen molar-refractivity contribution in [3.8, 4) is 0 Å². The van der Waals surface area contributed by atoms with Crippen molar-refractivity contribution in [3.63, 3.8) is 0 Å². The van der Waals surface area contributed by atoms with E-state index in [1.165, 1.54) is 9.80 Å². The maximum absolute atomic E-state index is 12.0. The second-order valence-electron chi connectivity index (χ2n) is 5.94. The van der Waals surface area contributed by atoms with Crippen molar-refractivity contribution in [2.45, 2.75) is 12.8 Å². The molecule has 0 aromatic heterocycles. The van der Waals surface area contributed by atoms with Gasteiger partial charge in [0.25, 0.3) is 0 Å². The first-order valence-electron chi connectivity index (χ1n) is 7.46. The fraction of sp³-hybridized carbons (Fsp3) is 0.375. The van der Waals surface area contributed by atoms with Gasteiger partial charge in [0.15, 0.2) is 0 Å². The predicted octanol–water partition coefficient (Wildman–Crippen LogP) is 1.92. The summed E-state index contributed by atoms with van der Waals surface area (Å²) in [5.74, 6) is -1.30. The molecule has 1 aromatic carbocycles. The van der Waals surface area contributed by atoms with Gasteiger partial charge in [-0.05, 0) is 47.5 Å². The standard InChI is InChI=1S/C16H14Cl2N2O4/c17-15(23)9-5-13(21)19(7-9)11-1-2-12(4-3-11)20-8-10(16(18)24)6-14(20)22/h1-4,9-10H,5-8H2/t9-,10-/m1/s1. The largest absolute Gasteiger partial charge is 0.312 e. The highest BCUT2D eigenvalue weighted by molar-refractivity contribution is 6.64. The van der Waals surface area contributed by atoms with Gasteiger partial charge >= 0.3 is 0 Å². The second-order valence-corrected chi connectivity index (χ2v) is 6.68. The van der Waals surface area contributed by atoms with Gasteiger partial charge in [-0.25, -0.2) is 0 Å². The SMILES string of the molecule is O=C(Cl)[C@@H]1CC(=O)N(c2ccc(N3C[C@H](C(=O)Cl)CC3=O)cc2)C1. The van der Waals surface area contributed by atoms with Crippen molar-refractivity contribution >= 4 is 56.9 Å². The molecule has 8 heteroatoms. The molecule has 0 saturated carbocycles. The number of hydrogen-bond acceptors (Lipinski definition) is 4. The zero-order valence-corrected chi connectivity index (χ0v) is 14.1. The maximum atomic E-state index is 12.0. The third kappa shape index (κ3) is 3.16. The minimum atomic E-state index is -0.512. The zero-order valence-electron chi connectivity index (χ0n) is 12.6. The van der Waals surface area contributed by atoms with Gasteiger partial charge in [-0.3, -0.25) is 19.2 Å². The first kappa shape index (κ1) is 16.9. The molecule has 2 aliphatic rings. The molecule has 0 aliphatic carbocycles. The average molecular weight is 369 g/mol. The van der Waals surface area contributed by atoms with E-state index < -0.39 is 22.3 Å². The molecule has 126 valence electrons. The van der Waals surface area contributed by atoms with E-state index in [1.807, 2.05) is 0 Å². The summed E-state index contributed by atoms with van der Waals surface area (Å²) in [4.78, 5) is 49.5. The monoisotopic (exact) mass is 368 g/mol. The Morgan fingerprint density at radius 3 is 1.38 bits per heavy atom. The number of benzene rings is 1. The van der Waals surface area contributed by atoms with E-state index in [2.05, 4.69) is 0 Å². The minimum Gasteiger partial charge on any atom is -0.312 e. The lowest BCUT2D eigenvalue weighted by atomic mass is 10.1. The predicted molar refractivity (Wildman–Crippen MR) is 89.1 cm³/mol. The summed E-state index contributed by atoms with van der Waals surface area (Å²) in [5.41, 5.74) is 1.28. The molecular formula is C16H14Cl2N2O4. The number of nitrogens with zero attached hydrogens (tertiary/aromatic N) is 2. The highest BCUT2D eigenvalue weighted by Crippen LogP contribution is 2.31. The lowest BCUT2D eigenvalue weighted by molar-refractivity contribution is -0.120. The third-order valence-electron chi connectivity index (χ3n) is 4.37. The summed E-state index contributed by atoms with van der Waals surface area (Å²) in [6, 6.07) is 6.82. The van der Waals surface area contributed by atoms with E-state index >= 15 is 0 Å². The molecule has 0 radical (unpaired) electrons. The highest BCUT2D eigenvalue weighted by atomic mass is 35.5. The van der Waals surface area contributed by atoms with Gasteiger partial charge in [0, 0.05) is 37.3 Å². The Labute approximate surface area is 148 Å². The van der Waals surface area contributed by atoms with Gasteiger partial charge in [0.1, 0.15) is 0 Å². The summed E-state index contributed by atoms with van der Waals surface area (Å²) >= 11 is 10.9. The van der Waals surface area contributed by atoms with Crippen molar-refractivity contribution < 1.29 is 19.2 Å². The van der Waals surface area contributed by atoms with E-state index in [9.17, 15) is 19.2 Å². The van der Waals surface area contributed by atoms with Crippen LogP contribution in [0.3, 0.4) is 0 Å². The van der Waals surface area contributed by atoms with Crippen LogP contribution in [0.25, 0.3) is 0 Å². The van der Waals surface area contributed by atoms with Crippen LogP contribution in [0.2, 0.25) is 0 Å². The Kier molecular flexibility index (Phi) is 4.60. The lowest BCUT2D eigenvalue weighted by Gasteiger charge is -2.20. The number of carbonyl (C=O) groups excluding carboxylic acids is 4. The fourth-order valence-corrected chi connectivity index (χ4v) is 3.32. The number of hydrogen-bond donors (Lipinski definition) is 0. The molecule has 6 nitrogen and oxygen atoms in total. The van der Waals surface area contributed by atoms with Crippen LogP contribution in [0, 0.1) is 11.8 Å². The van der Waals surface area contributed by atoms with Gasteiger partial charge in [0.2, 0.25) is 22.3 Å². The van der Waals surface area contributed by atoms with E-state index in [0.29, 0.717) is 11.4 Å². The van der Waals surface area contributed by atoms with Crippen molar-refractivity contribution in [1.82, 2.24) is 0 Å². The number of amides is 2. The van der Waals surface area contributed by atoms with Gasteiger partial charge < -0.3 is 9.80 Å². The lowest BCUT2D eigenvalue weighted by Crippen LogP contribution is -2.26. The Hall–Kier alpha value is -1.92. The number of carbonyl (C=O) groups is 4. The molecule has 2 aliphatic heterocycles. The molecule has 2 amide bonds. The molecule has 1 aromatic rings. The summed E-state index contributed by atoms with van der Waals surface area (Å²) in [5, 5.41) is -1.02. The average Bonchev–Trinajstić information content (AvgIpc) is 3.11. The van der Waals surface area contributed by atoms with Crippen LogP contribution >= 0.6 is 23.2 Å². The van der Waals surface area contributed by atoms with E-state index in [0.717, 1.165) is 0 Å². The Balaban J connectivity index is 1.75. The van der Waals surface area contributed by atoms with Crippen LogP contribution in [-0.4, -0.2) is 35.4 Å². The molecule has 0 unspecified atom stereocenters. The second kappa shape index (κ2) is 6.53. The molecule has 0 spiro atoms. The highest BCUT2D eigenvalue weighted by Gasteiger charge is 2.36. The molecule has 0 N–H and O–H groups in total. The topological polar surface area (TPSA) is 74.8 Å². The van der Waals surface area contributed by atoms with Gasteiger partial charge in [-0.2, -0.15) is 0 Å². The Bertz CT molecular complexity index is 658. The first-order valence-corrected chi connectivity index (χ1v) is 8.22. The molecule has 0 bridgehead atoms. The normalized spacial score (nSPS) is 23.9. The summed E-state index contributed by atoms with van der Waals surface area (Å²) in [6.07, 6.45) is 0.211. The summed E-state index contributed by atoms with van der Waals surface area (Å²) in [7, 11) is 0. The van der Waals surface area contributed by atoms with Crippen LogP contribution in [0.4, 0.5) is 11.4 Å². The van der Waals surface area contributed by atoms with Gasteiger partial charge in [0.05, 0.1) is 11.8 Å².